The molecule has 30 heavy (non-hydrogen) atoms. The monoisotopic (exact) mass is 425 g/mol. The van der Waals surface area contributed by atoms with Crippen LogP contribution in [0.3, 0.4) is 0 Å². The van der Waals surface area contributed by atoms with Gasteiger partial charge in [-0.05, 0) is 30.7 Å². The van der Waals surface area contributed by atoms with Crippen LogP contribution in [-0.4, -0.2) is 52.4 Å². The fourth-order valence-electron chi connectivity index (χ4n) is 3.40. The van der Waals surface area contributed by atoms with Crippen LogP contribution >= 0.6 is 0 Å². The Morgan fingerprint density at radius 3 is 2.63 bits per heavy atom. The Morgan fingerprint density at radius 2 is 2.10 bits per heavy atom. The molecule has 3 amide bonds. The third kappa shape index (κ3) is 3.97. The van der Waals surface area contributed by atoms with E-state index < -0.39 is 36.5 Å². The summed E-state index contributed by atoms with van der Waals surface area (Å²) in [5, 5.41) is 15.4. The fraction of sp³-hybridized carbons (Fsp3) is 0.421. The summed E-state index contributed by atoms with van der Waals surface area (Å²) in [4.78, 5) is 29.4. The number of anilines is 1. The Bertz CT molecular complexity index is 959. The Labute approximate surface area is 170 Å². The van der Waals surface area contributed by atoms with Gasteiger partial charge in [0.1, 0.15) is 5.82 Å². The number of carbonyl (C=O) groups is 2. The van der Waals surface area contributed by atoms with Crippen molar-refractivity contribution in [2.24, 2.45) is 7.05 Å². The summed E-state index contributed by atoms with van der Waals surface area (Å²) in [6.07, 6.45) is -3.30. The Kier molecular flexibility index (Phi) is 5.75. The van der Waals surface area contributed by atoms with Crippen molar-refractivity contribution in [2.45, 2.75) is 25.1 Å². The predicted molar refractivity (Wildman–Crippen MR) is 102 cm³/mol. The van der Waals surface area contributed by atoms with Gasteiger partial charge in [0.05, 0.1) is 0 Å². The summed E-state index contributed by atoms with van der Waals surface area (Å²) >= 11 is 0. The zero-order chi connectivity index (χ0) is 22.1. The van der Waals surface area contributed by atoms with E-state index in [1.54, 1.807) is 24.0 Å². The number of aliphatic hydroxyl groups is 1. The van der Waals surface area contributed by atoms with Crippen LogP contribution in [-0.2, 0) is 12.6 Å². The molecule has 1 aliphatic rings. The van der Waals surface area contributed by atoms with Gasteiger partial charge in [0.15, 0.2) is 0 Å². The number of imidazole rings is 1. The quantitative estimate of drug-likeness (QED) is 0.658. The Morgan fingerprint density at radius 1 is 1.37 bits per heavy atom. The van der Waals surface area contributed by atoms with Crippen LogP contribution in [0.2, 0.25) is 0 Å². The number of rotatable bonds is 6. The first kappa shape index (κ1) is 21.6. The van der Waals surface area contributed by atoms with Crippen LogP contribution in [0.15, 0.2) is 30.6 Å². The van der Waals surface area contributed by atoms with Gasteiger partial charge in [-0.1, -0.05) is 0 Å². The molecule has 2 heterocycles. The molecule has 3 rings (SSSR count). The molecule has 8 nitrogen and oxygen atoms in total. The van der Waals surface area contributed by atoms with Gasteiger partial charge in [0.25, 0.3) is 5.91 Å². The molecule has 11 heteroatoms. The molecule has 0 spiro atoms. The van der Waals surface area contributed by atoms with Crippen molar-refractivity contribution in [3.63, 3.8) is 0 Å². The Hall–Kier alpha value is -3.08. The van der Waals surface area contributed by atoms with E-state index in [4.69, 9.17) is 0 Å². The number of hydrogen-bond donors (Lipinski definition) is 3. The summed E-state index contributed by atoms with van der Waals surface area (Å²) in [6.45, 7) is 2.35. The number of carbonyl (C=O) groups excluding carboxylic acids is 2. The molecule has 162 valence electrons. The van der Waals surface area contributed by atoms with Gasteiger partial charge in [-0.15, -0.1) is 0 Å². The van der Waals surface area contributed by atoms with Gasteiger partial charge in [0, 0.05) is 56.7 Å². The highest BCUT2D eigenvalue weighted by molar-refractivity contribution is 5.97. The van der Waals surface area contributed by atoms with Crippen molar-refractivity contribution in [3.05, 3.63) is 47.5 Å². The molecule has 1 atom stereocenters. The minimum atomic E-state index is -4.97. The summed E-state index contributed by atoms with van der Waals surface area (Å²) < 4.78 is 41.6. The van der Waals surface area contributed by atoms with Crippen molar-refractivity contribution in [3.8, 4) is 0 Å². The third-order valence-corrected chi connectivity index (χ3v) is 5.04. The first-order valence-electron chi connectivity index (χ1n) is 9.26. The highest BCUT2D eigenvalue weighted by atomic mass is 19.4. The van der Waals surface area contributed by atoms with Crippen molar-refractivity contribution >= 4 is 17.6 Å². The molecule has 0 radical (unpaired) electrons. The predicted octanol–water partition coefficient (Wildman–Crippen LogP) is 1.83. The lowest BCUT2D eigenvalue weighted by Crippen LogP contribution is -2.46. The molecule has 0 bridgehead atoms. The highest BCUT2D eigenvalue weighted by Gasteiger charge is 2.57. The number of aromatic nitrogens is 2. The topological polar surface area (TPSA) is 99.5 Å². The van der Waals surface area contributed by atoms with Crippen LogP contribution in [0.1, 0.15) is 28.2 Å². The second kappa shape index (κ2) is 7.98. The summed E-state index contributed by atoms with van der Waals surface area (Å²) in [5.41, 5.74) is -1.62. The number of aryl methyl sites for hydroxylation is 2. The first-order chi connectivity index (χ1) is 14.0. The van der Waals surface area contributed by atoms with Crippen molar-refractivity contribution in [2.75, 3.05) is 24.5 Å². The standard InChI is InChI=1S/C19H22F3N5O3/c1-12-11-13(3-4-14(12)27-10-8-25-17(27)29)15(28)23-6-5-18(30,19(20,21)22)16-24-7-9-26(16)2/h3-4,7,9,11,30H,5-6,8,10H2,1-2H3,(H,23,28)(H,25,29). The number of amides is 3. The van der Waals surface area contributed by atoms with E-state index in [1.165, 1.54) is 19.3 Å². The average molecular weight is 425 g/mol. The second-order valence-electron chi connectivity index (χ2n) is 7.11. The van der Waals surface area contributed by atoms with E-state index in [0.29, 0.717) is 24.3 Å². The summed E-state index contributed by atoms with van der Waals surface area (Å²) in [5.74, 6) is -1.13. The molecule has 1 aromatic heterocycles. The van der Waals surface area contributed by atoms with E-state index in [1.807, 2.05) is 0 Å². The molecule has 0 aliphatic carbocycles. The summed E-state index contributed by atoms with van der Waals surface area (Å²) in [7, 11) is 1.35. The molecule has 1 saturated heterocycles. The van der Waals surface area contributed by atoms with Gasteiger partial charge in [0.2, 0.25) is 5.60 Å². The number of alkyl halides is 3. The molecule has 1 fully saturated rings. The molecule has 1 aliphatic heterocycles. The highest BCUT2D eigenvalue weighted by Crippen LogP contribution is 2.40. The fourth-order valence-corrected chi connectivity index (χ4v) is 3.40. The number of nitrogens with one attached hydrogen (secondary N) is 2. The smallest absolute Gasteiger partial charge is 0.374 e. The molecular formula is C19H22F3N5O3. The normalized spacial score (nSPS) is 16.3. The van der Waals surface area contributed by atoms with Crippen LogP contribution in [0.4, 0.5) is 23.7 Å². The van der Waals surface area contributed by atoms with E-state index in [-0.39, 0.29) is 11.6 Å². The number of hydrogen-bond acceptors (Lipinski definition) is 4. The maximum Gasteiger partial charge on any atom is 0.424 e. The molecule has 0 saturated carbocycles. The van der Waals surface area contributed by atoms with Gasteiger partial charge in [-0.2, -0.15) is 13.2 Å². The molecule has 2 aromatic rings. The van der Waals surface area contributed by atoms with Gasteiger partial charge in [-0.3, -0.25) is 9.69 Å². The van der Waals surface area contributed by atoms with E-state index >= 15 is 0 Å². The average Bonchev–Trinajstić information content (AvgIpc) is 3.28. The van der Waals surface area contributed by atoms with Crippen molar-refractivity contribution in [1.82, 2.24) is 20.2 Å². The van der Waals surface area contributed by atoms with Crippen LogP contribution in [0.25, 0.3) is 0 Å². The van der Waals surface area contributed by atoms with Gasteiger partial charge < -0.3 is 20.3 Å². The van der Waals surface area contributed by atoms with Crippen LogP contribution in [0.5, 0.6) is 0 Å². The van der Waals surface area contributed by atoms with Gasteiger partial charge >= 0.3 is 12.2 Å². The first-order valence-corrected chi connectivity index (χ1v) is 9.26. The largest absolute Gasteiger partial charge is 0.424 e. The van der Waals surface area contributed by atoms with Crippen LogP contribution in [0, 0.1) is 6.92 Å². The van der Waals surface area contributed by atoms with E-state index in [0.717, 1.165) is 10.8 Å². The van der Waals surface area contributed by atoms with Crippen molar-refractivity contribution in [1.29, 1.82) is 0 Å². The minimum absolute atomic E-state index is 0.226. The third-order valence-electron chi connectivity index (χ3n) is 5.04. The molecule has 1 aromatic carbocycles. The van der Waals surface area contributed by atoms with Crippen molar-refractivity contribution < 1.29 is 27.9 Å². The minimum Gasteiger partial charge on any atom is -0.374 e. The van der Waals surface area contributed by atoms with E-state index in [2.05, 4.69) is 15.6 Å². The van der Waals surface area contributed by atoms with Crippen LogP contribution < -0.4 is 15.5 Å². The Balaban J connectivity index is 1.68. The second-order valence-corrected chi connectivity index (χ2v) is 7.11. The number of nitrogens with zero attached hydrogens (tertiary/aromatic N) is 3. The molecule has 3 N–H and O–H groups in total. The summed E-state index contributed by atoms with van der Waals surface area (Å²) in [6, 6.07) is 4.45. The van der Waals surface area contributed by atoms with E-state index in [9.17, 15) is 27.9 Å². The maximum atomic E-state index is 13.5. The molecule has 1 unspecified atom stereocenters. The zero-order valence-corrected chi connectivity index (χ0v) is 16.5. The lowest BCUT2D eigenvalue weighted by Gasteiger charge is -2.30. The van der Waals surface area contributed by atoms with Gasteiger partial charge in [-0.25, -0.2) is 9.78 Å². The number of halogens is 3. The molecular weight excluding hydrogens is 403 g/mol. The zero-order valence-electron chi connectivity index (χ0n) is 16.5. The maximum absolute atomic E-state index is 13.5. The lowest BCUT2D eigenvalue weighted by atomic mass is 9.97. The SMILES string of the molecule is Cc1cc(C(=O)NCCC(O)(c2nccn2C)C(F)(F)F)ccc1N1CCNC1=O. The lowest BCUT2D eigenvalue weighted by molar-refractivity contribution is -0.272. The number of urea groups is 1. The number of benzene rings is 1.